The topological polar surface area (TPSA) is 17.3 Å². The van der Waals surface area contributed by atoms with Gasteiger partial charge < -0.3 is 10.1 Å². The van der Waals surface area contributed by atoms with Crippen molar-refractivity contribution in [2.75, 3.05) is 14.1 Å². The first-order valence-corrected chi connectivity index (χ1v) is 6.27. The van der Waals surface area contributed by atoms with Crippen LogP contribution in [0.4, 0.5) is 0 Å². The molecule has 0 aliphatic carbocycles. The Labute approximate surface area is 71.2 Å². The van der Waals surface area contributed by atoms with Crippen molar-refractivity contribution in [3.63, 3.8) is 0 Å². The predicted octanol–water partition coefficient (Wildman–Crippen LogP) is -1.32. The van der Waals surface area contributed by atoms with Crippen molar-refractivity contribution >= 4 is 8.24 Å². The van der Waals surface area contributed by atoms with E-state index in [1.807, 2.05) is 19.1 Å². The molecular formula is C5H15LiN2Si. The van der Waals surface area contributed by atoms with E-state index >= 15 is 0 Å². The Morgan fingerprint density at radius 1 is 1.11 bits per heavy atom. The minimum Gasteiger partial charge on any atom is -0.598 e. The molecule has 0 N–H and O–H groups in total. The van der Waals surface area contributed by atoms with Gasteiger partial charge in [0.15, 0.2) is 0 Å². The van der Waals surface area contributed by atoms with Crippen LogP contribution in [0.2, 0.25) is 19.6 Å². The molecule has 0 atom stereocenters. The molecule has 0 unspecified atom stereocenters. The molecule has 50 valence electrons. The molecule has 0 aliphatic rings. The zero-order chi connectivity index (χ0) is 6.78. The third kappa shape index (κ3) is 12.0. The average Bonchev–Trinajstić information content (AvgIpc) is 1.21. The summed E-state index contributed by atoms with van der Waals surface area (Å²) in [6.07, 6.45) is 0. The van der Waals surface area contributed by atoms with Crippen molar-refractivity contribution in [3.8, 4) is 0 Å². The molecule has 0 fully saturated rings. The number of nitrogens with zero attached hydrogens (tertiary/aromatic N) is 2. The molecule has 0 aromatic rings. The van der Waals surface area contributed by atoms with Crippen LogP contribution in [0.15, 0.2) is 0 Å². The fourth-order valence-electron chi connectivity index (χ4n) is 0.600. The van der Waals surface area contributed by atoms with Gasteiger partial charge in [-0.2, -0.15) is 0 Å². The van der Waals surface area contributed by atoms with Crippen molar-refractivity contribution < 1.29 is 18.9 Å². The molecule has 0 aromatic heterocycles. The molecular weight excluding hydrogens is 123 g/mol. The molecule has 0 rings (SSSR count). The Morgan fingerprint density at radius 2 is 1.44 bits per heavy atom. The van der Waals surface area contributed by atoms with Crippen LogP contribution in [0, 0.1) is 0 Å². The first kappa shape index (κ1) is 12.4. The largest absolute Gasteiger partial charge is 1.00 e. The average molecular weight is 138 g/mol. The van der Waals surface area contributed by atoms with Crippen molar-refractivity contribution in [1.29, 1.82) is 0 Å². The SMILES string of the molecule is CN(C)[N-][Si](C)(C)C.[Li+]. The molecule has 0 bridgehead atoms. The van der Waals surface area contributed by atoms with Gasteiger partial charge in [0.05, 0.1) is 0 Å². The molecule has 9 heavy (non-hydrogen) atoms. The minimum absolute atomic E-state index is 0. The zero-order valence-electron chi connectivity index (χ0n) is 7.39. The quantitative estimate of drug-likeness (QED) is 0.341. The standard InChI is InChI=1S/C5H15N2Si.Li/c1-7(2)6-8(3,4)5;/h1-5H3;/q-1;+1. The van der Waals surface area contributed by atoms with E-state index < -0.39 is 8.24 Å². The van der Waals surface area contributed by atoms with Gasteiger partial charge in [0.25, 0.3) is 0 Å². The molecule has 0 saturated heterocycles. The van der Waals surface area contributed by atoms with Crippen LogP contribution < -0.4 is 18.9 Å². The van der Waals surface area contributed by atoms with E-state index in [4.69, 9.17) is 0 Å². The van der Waals surface area contributed by atoms with E-state index in [-0.39, 0.29) is 18.9 Å². The molecule has 2 nitrogen and oxygen atoms in total. The molecule has 0 radical (unpaired) electrons. The molecule has 0 amide bonds. The maximum Gasteiger partial charge on any atom is 1.00 e. The maximum absolute atomic E-state index is 4.38. The zero-order valence-corrected chi connectivity index (χ0v) is 8.39. The van der Waals surface area contributed by atoms with Crippen molar-refractivity contribution in [2.24, 2.45) is 0 Å². The summed E-state index contributed by atoms with van der Waals surface area (Å²) in [7, 11) is 2.77. The molecule has 0 saturated carbocycles. The summed E-state index contributed by atoms with van der Waals surface area (Å²) in [5.74, 6) is 0. The Hall–Kier alpha value is 0.734. The smallest absolute Gasteiger partial charge is 0.598 e. The second kappa shape index (κ2) is 4.53. The van der Waals surface area contributed by atoms with Gasteiger partial charge in [0, 0.05) is 0 Å². The third-order valence-electron chi connectivity index (χ3n) is 0.500. The molecule has 0 aromatic carbocycles. The Morgan fingerprint density at radius 3 is 1.44 bits per heavy atom. The summed E-state index contributed by atoms with van der Waals surface area (Å²) in [4.78, 5) is 0. The molecule has 0 spiro atoms. The Balaban J connectivity index is 0. The van der Waals surface area contributed by atoms with Gasteiger partial charge in [-0.15, -0.1) is 0 Å². The van der Waals surface area contributed by atoms with E-state index in [1.165, 1.54) is 0 Å². The van der Waals surface area contributed by atoms with E-state index in [1.54, 1.807) is 0 Å². The van der Waals surface area contributed by atoms with Gasteiger partial charge in [0.1, 0.15) is 0 Å². The molecule has 4 heteroatoms. The summed E-state index contributed by atoms with van der Waals surface area (Å²) in [6, 6.07) is 0. The van der Waals surface area contributed by atoms with Crippen LogP contribution >= 0.6 is 0 Å². The monoisotopic (exact) mass is 138 g/mol. The fraction of sp³-hybridized carbons (Fsp3) is 1.00. The summed E-state index contributed by atoms with van der Waals surface area (Å²) in [5.41, 5.74) is 0. The van der Waals surface area contributed by atoms with Crippen LogP contribution in [0.25, 0.3) is 5.09 Å². The van der Waals surface area contributed by atoms with E-state index in [0.29, 0.717) is 0 Å². The second-order valence-electron chi connectivity index (χ2n) is 3.12. The minimum atomic E-state index is -1.17. The second-order valence-corrected chi connectivity index (χ2v) is 7.66. The summed E-state index contributed by atoms with van der Waals surface area (Å²) < 4.78 is 0. The van der Waals surface area contributed by atoms with Gasteiger partial charge in [0.2, 0.25) is 0 Å². The number of rotatable bonds is 2. The van der Waals surface area contributed by atoms with Gasteiger partial charge >= 0.3 is 18.9 Å². The van der Waals surface area contributed by atoms with Crippen LogP contribution in [0.1, 0.15) is 0 Å². The first-order valence-electron chi connectivity index (χ1n) is 2.82. The molecule has 0 aliphatic heterocycles. The maximum atomic E-state index is 4.38. The van der Waals surface area contributed by atoms with Crippen molar-refractivity contribution in [3.05, 3.63) is 5.09 Å². The third-order valence-corrected chi connectivity index (χ3v) is 1.50. The van der Waals surface area contributed by atoms with Crippen molar-refractivity contribution in [2.45, 2.75) is 19.6 Å². The Bertz CT molecular complexity index is 69.8. The Kier molecular flexibility index (Phi) is 6.25. The fourth-order valence-corrected chi connectivity index (χ4v) is 1.80. The van der Waals surface area contributed by atoms with Gasteiger partial charge in [-0.05, 0) is 14.1 Å². The predicted molar refractivity (Wildman–Crippen MR) is 40.4 cm³/mol. The van der Waals surface area contributed by atoms with Gasteiger partial charge in [-0.25, -0.2) is 0 Å². The van der Waals surface area contributed by atoms with Crippen LogP contribution in [-0.4, -0.2) is 27.3 Å². The summed E-state index contributed by atoms with van der Waals surface area (Å²) >= 11 is 0. The number of hydrogen-bond acceptors (Lipinski definition) is 1. The molecule has 0 heterocycles. The first-order chi connectivity index (χ1) is 3.42. The van der Waals surface area contributed by atoms with Crippen LogP contribution in [0.5, 0.6) is 0 Å². The van der Waals surface area contributed by atoms with E-state index in [2.05, 4.69) is 24.7 Å². The van der Waals surface area contributed by atoms with Crippen molar-refractivity contribution in [1.82, 2.24) is 5.01 Å². The van der Waals surface area contributed by atoms with E-state index in [0.717, 1.165) is 0 Å². The van der Waals surface area contributed by atoms with Crippen LogP contribution in [-0.2, 0) is 0 Å². The van der Waals surface area contributed by atoms with Gasteiger partial charge in [-0.3, -0.25) is 0 Å². The number of hydrogen-bond donors (Lipinski definition) is 0. The van der Waals surface area contributed by atoms with Crippen LogP contribution in [0.3, 0.4) is 0 Å². The summed E-state index contributed by atoms with van der Waals surface area (Å²) in [5, 5.41) is 6.28. The summed E-state index contributed by atoms with van der Waals surface area (Å²) in [6.45, 7) is 6.65. The normalized spacial score (nSPS) is 11.3. The van der Waals surface area contributed by atoms with Gasteiger partial charge in [-0.1, -0.05) is 27.9 Å². The van der Waals surface area contributed by atoms with E-state index in [9.17, 15) is 0 Å².